The molecule has 0 heterocycles. The van der Waals surface area contributed by atoms with Gasteiger partial charge in [0, 0.05) is 12.2 Å². The van der Waals surface area contributed by atoms with Crippen molar-refractivity contribution in [2.24, 2.45) is 0 Å². The summed E-state index contributed by atoms with van der Waals surface area (Å²) in [5.41, 5.74) is -1.05. The zero-order chi connectivity index (χ0) is 29.0. The molecule has 0 aliphatic heterocycles. The molecule has 0 radical (unpaired) electrons. The molecule has 7 nitrogen and oxygen atoms in total. The van der Waals surface area contributed by atoms with Crippen LogP contribution in [0.15, 0.2) is 12.2 Å². The largest absolute Gasteiger partial charge is 0.512 e. The minimum Gasteiger partial charge on any atom is -0.455 e. The maximum Gasteiger partial charge on any atom is 0.512 e. The van der Waals surface area contributed by atoms with E-state index in [9.17, 15) is 35.9 Å². The van der Waals surface area contributed by atoms with Gasteiger partial charge in [-0.2, -0.15) is 17.6 Å². The van der Waals surface area contributed by atoms with Crippen LogP contribution in [-0.2, 0) is 31.4 Å². The Hall–Kier alpha value is -0.992. The SMILES string of the molecule is CCC(OC(=O)/C=C/C(=O)OC(F)(C(F)F)C(F)(F)F)[Si](O[Si](C)(C)C)(O[Si](C)(C)C)O[Si](C)(C)C. The van der Waals surface area contributed by atoms with E-state index < -0.39 is 69.9 Å². The van der Waals surface area contributed by atoms with Crippen molar-refractivity contribution in [3.05, 3.63) is 12.2 Å². The normalized spacial score (nSPS) is 16.7. The highest BCUT2D eigenvalue weighted by Crippen LogP contribution is 2.40. The van der Waals surface area contributed by atoms with Crippen molar-refractivity contribution < 1.29 is 57.8 Å². The van der Waals surface area contributed by atoms with Gasteiger partial charge in [-0.3, -0.25) is 0 Å². The van der Waals surface area contributed by atoms with Crippen molar-refractivity contribution >= 4 is 45.7 Å². The molecule has 17 heteroatoms. The van der Waals surface area contributed by atoms with Crippen LogP contribution in [0, 0.1) is 0 Å². The summed E-state index contributed by atoms with van der Waals surface area (Å²) in [6.45, 7) is 18.7. The number of ether oxygens (including phenoxy) is 2. The van der Waals surface area contributed by atoms with E-state index in [0.717, 1.165) is 0 Å². The fraction of sp³-hybridized carbons (Fsp3) is 0.789. The van der Waals surface area contributed by atoms with Gasteiger partial charge in [-0.05, 0) is 65.3 Å². The molecule has 2 atom stereocenters. The molecular weight excluding hydrogens is 567 g/mol. The first-order valence-corrected chi connectivity index (χ1v) is 23.1. The van der Waals surface area contributed by atoms with Crippen LogP contribution in [0.1, 0.15) is 13.3 Å². The van der Waals surface area contributed by atoms with E-state index in [-0.39, 0.29) is 12.5 Å². The van der Waals surface area contributed by atoms with Crippen molar-refractivity contribution in [1.29, 1.82) is 0 Å². The Morgan fingerprint density at radius 3 is 1.39 bits per heavy atom. The molecule has 0 aliphatic rings. The molecule has 0 spiro atoms. The second-order valence-corrected chi connectivity index (χ2v) is 27.8. The van der Waals surface area contributed by atoms with Gasteiger partial charge in [0.2, 0.25) is 0 Å². The minimum atomic E-state index is -6.19. The number of halogens is 6. The molecule has 0 aromatic rings. The predicted octanol–water partition coefficient (Wildman–Crippen LogP) is 5.93. The molecule has 0 bridgehead atoms. The van der Waals surface area contributed by atoms with Crippen molar-refractivity contribution in [1.82, 2.24) is 0 Å². The summed E-state index contributed by atoms with van der Waals surface area (Å²) in [5.74, 6) is -8.92. The van der Waals surface area contributed by atoms with Crippen LogP contribution in [-0.4, -0.2) is 69.9 Å². The van der Waals surface area contributed by atoms with Crippen LogP contribution in [0.2, 0.25) is 58.9 Å². The van der Waals surface area contributed by atoms with Crippen LogP contribution in [0.4, 0.5) is 26.3 Å². The summed E-state index contributed by atoms with van der Waals surface area (Å²) in [6.07, 6.45) is -10.3. The van der Waals surface area contributed by atoms with E-state index in [4.69, 9.17) is 17.1 Å². The summed E-state index contributed by atoms with van der Waals surface area (Å²) in [4.78, 5) is 24.1. The Bertz CT molecular complexity index is 750. The predicted molar refractivity (Wildman–Crippen MR) is 130 cm³/mol. The molecule has 0 fully saturated rings. The second kappa shape index (κ2) is 12.2. The first-order valence-electron chi connectivity index (χ1n) is 11.0. The minimum absolute atomic E-state index is 0.0683. The van der Waals surface area contributed by atoms with Gasteiger partial charge in [-0.1, -0.05) is 6.92 Å². The number of carbonyl (C=O) groups is 2. The zero-order valence-electron chi connectivity index (χ0n) is 22.1. The smallest absolute Gasteiger partial charge is 0.455 e. The monoisotopic (exact) mass is 602 g/mol. The van der Waals surface area contributed by atoms with E-state index in [1.54, 1.807) is 6.92 Å². The number of esters is 2. The van der Waals surface area contributed by atoms with Crippen LogP contribution in [0.3, 0.4) is 0 Å². The molecule has 212 valence electrons. The third-order valence-corrected chi connectivity index (χ3v) is 15.7. The molecule has 0 amide bonds. The highest BCUT2D eigenvalue weighted by atomic mass is 28.5. The highest BCUT2D eigenvalue weighted by molar-refractivity contribution is 6.90. The standard InChI is InChI=1S/C19H36F6O7Si4/c1-11-16(36(30-33(2,3)4,31-34(5,6)7)32-35(8,9)10)28-14(26)12-13-15(27)29-18(22,17(20)21)19(23,24)25/h12-13,16-17H,11H2,1-10H3/b13-12+. The maximum absolute atomic E-state index is 13.6. The van der Waals surface area contributed by atoms with Gasteiger partial charge in [0.15, 0.2) is 30.7 Å². The van der Waals surface area contributed by atoms with Gasteiger partial charge in [-0.15, -0.1) is 0 Å². The van der Waals surface area contributed by atoms with Gasteiger partial charge in [-0.25, -0.2) is 18.4 Å². The average molecular weight is 603 g/mol. The van der Waals surface area contributed by atoms with Crippen molar-refractivity contribution in [3.63, 3.8) is 0 Å². The quantitative estimate of drug-likeness (QED) is 0.112. The summed E-state index contributed by atoms with van der Waals surface area (Å²) in [7, 11) is -10.8. The molecular formula is C19H36F6O7Si4. The molecule has 0 rings (SSSR count). The van der Waals surface area contributed by atoms with Gasteiger partial charge in [0.1, 0.15) is 0 Å². The first-order chi connectivity index (χ1) is 15.8. The van der Waals surface area contributed by atoms with Crippen molar-refractivity contribution in [2.75, 3.05) is 0 Å². The van der Waals surface area contributed by atoms with E-state index in [1.165, 1.54) is 0 Å². The summed E-state index contributed by atoms with van der Waals surface area (Å²) < 4.78 is 105. The van der Waals surface area contributed by atoms with Crippen LogP contribution in [0.25, 0.3) is 0 Å². The number of rotatable bonds is 13. The number of hydrogen-bond acceptors (Lipinski definition) is 7. The fourth-order valence-corrected chi connectivity index (χ4v) is 16.9. The van der Waals surface area contributed by atoms with Crippen molar-refractivity contribution in [2.45, 2.75) is 96.5 Å². The van der Waals surface area contributed by atoms with E-state index >= 15 is 0 Å². The Morgan fingerprint density at radius 1 is 0.750 bits per heavy atom. The average Bonchev–Trinajstić information content (AvgIpc) is 2.58. The summed E-state index contributed by atoms with van der Waals surface area (Å²) >= 11 is 0. The van der Waals surface area contributed by atoms with E-state index in [2.05, 4.69) is 4.74 Å². The summed E-state index contributed by atoms with van der Waals surface area (Å²) in [5, 5.41) is 0. The third kappa shape index (κ3) is 11.6. The molecule has 0 saturated heterocycles. The summed E-state index contributed by atoms with van der Waals surface area (Å²) in [6, 6.07) is 0. The molecule has 0 aliphatic carbocycles. The Labute approximate surface area is 212 Å². The molecule has 2 unspecified atom stereocenters. The van der Waals surface area contributed by atoms with Gasteiger partial charge < -0.3 is 21.8 Å². The lowest BCUT2D eigenvalue weighted by Crippen LogP contribution is -2.67. The lowest BCUT2D eigenvalue weighted by Gasteiger charge is -2.45. The molecule has 0 aromatic heterocycles. The first kappa shape index (κ1) is 35.0. The topological polar surface area (TPSA) is 80.3 Å². The Kier molecular flexibility index (Phi) is 11.9. The second-order valence-electron chi connectivity index (χ2n) is 10.8. The Morgan fingerprint density at radius 2 is 1.11 bits per heavy atom. The lowest BCUT2D eigenvalue weighted by molar-refractivity contribution is -0.354. The molecule has 0 saturated carbocycles. The van der Waals surface area contributed by atoms with E-state index in [1.807, 2.05) is 58.9 Å². The number of carbonyl (C=O) groups excluding carboxylic acids is 2. The van der Waals surface area contributed by atoms with Crippen LogP contribution in [0.5, 0.6) is 0 Å². The zero-order valence-corrected chi connectivity index (χ0v) is 26.1. The van der Waals surface area contributed by atoms with Gasteiger partial charge >= 0.3 is 39.2 Å². The van der Waals surface area contributed by atoms with Crippen LogP contribution >= 0.6 is 0 Å². The number of alkyl halides is 6. The molecule has 0 aromatic carbocycles. The van der Waals surface area contributed by atoms with E-state index in [0.29, 0.717) is 6.08 Å². The maximum atomic E-state index is 13.6. The third-order valence-electron chi connectivity index (χ3n) is 3.64. The number of hydrogen-bond donors (Lipinski definition) is 0. The molecule has 36 heavy (non-hydrogen) atoms. The van der Waals surface area contributed by atoms with Gasteiger partial charge in [0.05, 0.1) is 0 Å². The van der Waals surface area contributed by atoms with Gasteiger partial charge in [0.25, 0.3) is 0 Å². The van der Waals surface area contributed by atoms with Crippen LogP contribution < -0.4 is 0 Å². The van der Waals surface area contributed by atoms with Crippen molar-refractivity contribution in [3.8, 4) is 0 Å². The Balaban J connectivity index is 6.06. The highest BCUT2D eigenvalue weighted by Gasteiger charge is 2.66. The fourth-order valence-electron chi connectivity index (χ4n) is 2.67. The molecule has 0 N–H and O–H groups in total. The lowest BCUT2D eigenvalue weighted by atomic mass is 10.3.